The van der Waals surface area contributed by atoms with Gasteiger partial charge in [0.25, 0.3) is 0 Å². The third-order valence-electron chi connectivity index (χ3n) is 4.51. The number of nitrogens with one attached hydrogen (secondary N) is 1. The maximum atomic E-state index is 12.5. The van der Waals surface area contributed by atoms with Crippen LogP contribution in [-0.4, -0.2) is 24.6 Å². The van der Waals surface area contributed by atoms with Crippen molar-refractivity contribution in [3.63, 3.8) is 0 Å². The van der Waals surface area contributed by atoms with E-state index in [-0.39, 0.29) is 28.6 Å². The Hall–Kier alpha value is -2.87. The number of carbonyl (C=O) groups is 1. The van der Waals surface area contributed by atoms with Gasteiger partial charge in [0.15, 0.2) is 15.4 Å². The molecule has 0 bridgehead atoms. The molecule has 2 aromatic carbocycles. The number of anilines is 1. The van der Waals surface area contributed by atoms with Gasteiger partial charge in [-0.15, -0.1) is 0 Å². The highest BCUT2D eigenvalue weighted by atomic mass is 32.2. The van der Waals surface area contributed by atoms with Crippen LogP contribution in [0.5, 0.6) is 0 Å². The molecular weight excluding hydrogens is 368 g/mol. The Labute approximate surface area is 156 Å². The van der Waals surface area contributed by atoms with Gasteiger partial charge in [-0.05, 0) is 49.2 Å². The van der Waals surface area contributed by atoms with E-state index < -0.39 is 15.6 Å². The molecule has 0 saturated heterocycles. The van der Waals surface area contributed by atoms with Crippen LogP contribution in [0.1, 0.15) is 17.5 Å². The van der Waals surface area contributed by atoms with E-state index in [4.69, 9.17) is 4.42 Å². The fourth-order valence-electron chi connectivity index (χ4n) is 2.70. The van der Waals surface area contributed by atoms with E-state index in [1.54, 1.807) is 13.1 Å². The van der Waals surface area contributed by atoms with E-state index in [1.165, 1.54) is 22.8 Å². The standard InChI is InChI=1S/C19H20N2O5S/c1-12-4-5-14(10-13(12)2)20-18(22)8-9-27(24,25)15-6-7-16-17(11-15)26-19(23)21(16)3/h4-7,10-11H,8-9H2,1-3H3,(H,20,22). The lowest BCUT2D eigenvalue weighted by atomic mass is 10.1. The molecule has 1 aromatic heterocycles. The topological polar surface area (TPSA) is 98.4 Å². The quantitative estimate of drug-likeness (QED) is 0.724. The first kappa shape index (κ1) is 18.9. The van der Waals surface area contributed by atoms with Crippen LogP contribution in [0.2, 0.25) is 0 Å². The summed E-state index contributed by atoms with van der Waals surface area (Å²) in [7, 11) is -2.15. The van der Waals surface area contributed by atoms with Gasteiger partial charge >= 0.3 is 5.76 Å². The molecule has 0 fully saturated rings. The number of fused-ring (bicyclic) bond motifs is 1. The predicted octanol–water partition coefficient (Wildman–Crippen LogP) is 2.55. The predicted molar refractivity (Wildman–Crippen MR) is 103 cm³/mol. The van der Waals surface area contributed by atoms with E-state index in [9.17, 15) is 18.0 Å². The zero-order valence-corrected chi connectivity index (χ0v) is 16.1. The number of aromatic nitrogens is 1. The number of aryl methyl sites for hydroxylation is 3. The first-order valence-electron chi connectivity index (χ1n) is 8.37. The minimum absolute atomic E-state index is 0.0170. The number of hydrogen-bond donors (Lipinski definition) is 1. The van der Waals surface area contributed by atoms with E-state index in [0.717, 1.165) is 11.1 Å². The number of benzene rings is 2. The Morgan fingerprint density at radius 2 is 1.85 bits per heavy atom. The molecule has 1 N–H and O–H groups in total. The maximum absolute atomic E-state index is 12.5. The summed E-state index contributed by atoms with van der Waals surface area (Å²) in [5.41, 5.74) is 3.49. The summed E-state index contributed by atoms with van der Waals surface area (Å²) in [6, 6.07) is 9.75. The number of hydrogen-bond acceptors (Lipinski definition) is 5. The minimum Gasteiger partial charge on any atom is -0.408 e. The highest BCUT2D eigenvalue weighted by Gasteiger charge is 2.19. The van der Waals surface area contributed by atoms with Crippen molar-refractivity contribution >= 4 is 32.5 Å². The molecule has 0 atom stereocenters. The second-order valence-electron chi connectivity index (χ2n) is 6.47. The lowest BCUT2D eigenvalue weighted by Gasteiger charge is -2.08. The van der Waals surface area contributed by atoms with Gasteiger partial charge in [-0.25, -0.2) is 13.2 Å². The van der Waals surface area contributed by atoms with Crippen molar-refractivity contribution in [1.82, 2.24) is 4.57 Å². The van der Waals surface area contributed by atoms with Crippen molar-refractivity contribution in [1.29, 1.82) is 0 Å². The number of oxazole rings is 1. The Balaban J connectivity index is 1.71. The zero-order valence-electron chi connectivity index (χ0n) is 15.3. The third-order valence-corrected chi connectivity index (χ3v) is 6.23. The Kier molecular flexibility index (Phi) is 4.93. The summed E-state index contributed by atoms with van der Waals surface area (Å²) in [6.07, 6.45) is -0.175. The monoisotopic (exact) mass is 388 g/mol. The average Bonchev–Trinajstić information content (AvgIpc) is 2.90. The van der Waals surface area contributed by atoms with Crippen LogP contribution in [0.3, 0.4) is 0 Å². The van der Waals surface area contributed by atoms with E-state index >= 15 is 0 Å². The highest BCUT2D eigenvalue weighted by Crippen LogP contribution is 2.20. The first-order chi connectivity index (χ1) is 12.7. The molecule has 0 aliphatic heterocycles. The highest BCUT2D eigenvalue weighted by molar-refractivity contribution is 7.91. The van der Waals surface area contributed by atoms with Crippen LogP contribution in [0.15, 0.2) is 50.5 Å². The Morgan fingerprint density at radius 3 is 2.56 bits per heavy atom. The molecule has 142 valence electrons. The van der Waals surface area contributed by atoms with Gasteiger partial charge in [0.1, 0.15) is 0 Å². The molecule has 0 aliphatic carbocycles. The van der Waals surface area contributed by atoms with Crippen LogP contribution < -0.4 is 11.1 Å². The van der Waals surface area contributed by atoms with Gasteiger partial charge in [0, 0.05) is 25.2 Å². The molecule has 3 aromatic rings. The summed E-state index contributed by atoms with van der Waals surface area (Å²) in [6.45, 7) is 3.91. The number of amides is 1. The number of nitrogens with zero attached hydrogens (tertiary/aromatic N) is 1. The van der Waals surface area contributed by atoms with Gasteiger partial charge in [-0.3, -0.25) is 9.36 Å². The Morgan fingerprint density at radius 1 is 1.11 bits per heavy atom. The summed E-state index contributed by atoms with van der Waals surface area (Å²) >= 11 is 0. The first-order valence-corrected chi connectivity index (χ1v) is 10.0. The fourth-order valence-corrected chi connectivity index (χ4v) is 3.95. The molecule has 7 nitrogen and oxygen atoms in total. The van der Waals surface area contributed by atoms with Crippen molar-refractivity contribution in [2.75, 3.05) is 11.1 Å². The number of rotatable bonds is 5. The van der Waals surface area contributed by atoms with Gasteiger partial charge in [-0.2, -0.15) is 0 Å². The molecule has 1 heterocycles. The lowest BCUT2D eigenvalue weighted by Crippen LogP contribution is -2.17. The van der Waals surface area contributed by atoms with E-state index in [1.807, 2.05) is 26.0 Å². The second kappa shape index (κ2) is 7.03. The van der Waals surface area contributed by atoms with Crippen molar-refractivity contribution in [2.45, 2.75) is 25.2 Å². The lowest BCUT2D eigenvalue weighted by molar-refractivity contribution is -0.115. The summed E-state index contributed by atoms with van der Waals surface area (Å²) in [4.78, 5) is 23.7. The number of sulfone groups is 1. The molecule has 27 heavy (non-hydrogen) atoms. The second-order valence-corrected chi connectivity index (χ2v) is 8.58. The van der Waals surface area contributed by atoms with Crippen LogP contribution in [0, 0.1) is 13.8 Å². The SMILES string of the molecule is Cc1ccc(NC(=O)CCS(=O)(=O)c2ccc3c(c2)oc(=O)n3C)cc1C. The summed E-state index contributed by atoms with van der Waals surface area (Å²) in [5, 5.41) is 2.71. The van der Waals surface area contributed by atoms with Crippen molar-refractivity contribution < 1.29 is 17.6 Å². The fraction of sp³-hybridized carbons (Fsp3) is 0.263. The smallest absolute Gasteiger partial charge is 0.408 e. The molecular formula is C19H20N2O5S. The minimum atomic E-state index is -3.69. The number of carbonyl (C=O) groups excluding carboxylic acids is 1. The van der Waals surface area contributed by atoms with Gasteiger partial charge in [0.05, 0.1) is 16.2 Å². The van der Waals surface area contributed by atoms with Gasteiger partial charge in [-0.1, -0.05) is 6.07 Å². The molecule has 0 radical (unpaired) electrons. The largest absolute Gasteiger partial charge is 0.419 e. The average molecular weight is 388 g/mol. The molecule has 8 heteroatoms. The molecule has 0 spiro atoms. The van der Waals surface area contributed by atoms with Crippen LogP contribution in [0.4, 0.5) is 5.69 Å². The van der Waals surface area contributed by atoms with E-state index in [0.29, 0.717) is 11.2 Å². The van der Waals surface area contributed by atoms with Crippen LogP contribution in [0.25, 0.3) is 11.1 Å². The van der Waals surface area contributed by atoms with E-state index in [2.05, 4.69) is 5.32 Å². The summed E-state index contributed by atoms with van der Waals surface area (Å²) < 4.78 is 31.4. The zero-order chi connectivity index (χ0) is 19.8. The normalized spacial score (nSPS) is 11.7. The van der Waals surface area contributed by atoms with Crippen LogP contribution >= 0.6 is 0 Å². The molecule has 1 amide bonds. The third kappa shape index (κ3) is 3.95. The van der Waals surface area contributed by atoms with Gasteiger partial charge < -0.3 is 9.73 Å². The van der Waals surface area contributed by atoms with Crippen molar-refractivity contribution in [3.05, 3.63) is 58.1 Å². The molecule has 0 aliphatic rings. The Bertz CT molecular complexity index is 1190. The van der Waals surface area contributed by atoms with Crippen molar-refractivity contribution in [3.8, 4) is 0 Å². The molecule has 0 saturated carbocycles. The molecule has 0 unspecified atom stereocenters. The molecule has 3 rings (SSSR count). The van der Waals surface area contributed by atoms with Crippen molar-refractivity contribution in [2.24, 2.45) is 7.05 Å². The summed E-state index contributed by atoms with van der Waals surface area (Å²) in [5.74, 6) is -1.28. The van der Waals surface area contributed by atoms with Crippen LogP contribution in [-0.2, 0) is 21.7 Å². The maximum Gasteiger partial charge on any atom is 0.419 e. The van der Waals surface area contributed by atoms with Gasteiger partial charge in [0.2, 0.25) is 5.91 Å².